The number of thiazole rings is 1. The fourth-order valence-electron chi connectivity index (χ4n) is 1.05. The fraction of sp³-hybridized carbons (Fsp3) is 0.500. The van der Waals surface area contributed by atoms with Crippen molar-refractivity contribution in [1.29, 1.82) is 0 Å². The molecule has 5 N–H and O–H groups in total. The van der Waals surface area contributed by atoms with Crippen LogP contribution in [-0.4, -0.2) is 38.2 Å². The Kier molecular flexibility index (Phi) is 5.00. The Morgan fingerprint density at radius 2 is 2.24 bits per heavy atom. The highest BCUT2D eigenvalue weighted by molar-refractivity contribution is 7.89. The molecule has 0 unspecified atom stereocenters. The van der Waals surface area contributed by atoms with Gasteiger partial charge in [-0.1, -0.05) is 0 Å². The second-order valence-electron chi connectivity index (χ2n) is 3.29. The number of hydrogen-bond donors (Lipinski definition) is 3. The maximum Gasteiger partial charge on any atom is 0.270 e. The largest absolute Gasteiger partial charge is 0.350 e. The summed E-state index contributed by atoms with van der Waals surface area (Å²) in [6.07, 6.45) is 0.620. The summed E-state index contributed by atoms with van der Waals surface area (Å²) in [7, 11) is -3.55. The minimum Gasteiger partial charge on any atom is -0.350 e. The molecule has 0 fully saturated rings. The first-order valence-electron chi connectivity index (χ1n) is 4.85. The Labute approximate surface area is 103 Å². The monoisotopic (exact) mass is 278 g/mol. The lowest BCUT2D eigenvalue weighted by atomic mass is 10.4. The van der Waals surface area contributed by atoms with Crippen LogP contribution in [0.2, 0.25) is 0 Å². The van der Waals surface area contributed by atoms with Crippen LogP contribution in [0.4, 0.5) is 0 Å². The average Bonchev–Trinajstić information content (AvgIpc) is 2.65. The molecule has 0 aliphatic rings. The standard InChI is InChI=1S/C8H14N4O3S2/c9-2-1-7-12-6(5-16-7)8(13)11-3-4-17(10,14)15/h5H,1-4,9H2,(H,11,13)(H2,10,14,15). The lowest BCUT2D eigenvalue weighted by Gasteiger charge is -2.01. The van der Waals surface area contributed by atoms with Gasteiger partial charge >= 0.3 is 0 Å². The van der Waals surface area contributed by atoms with E-state index in [0.717, 1.165) is 5.01 Å². The van der Waals surface area contributed by atoms with Gasteiger partial charge in [0, 0.05) is 18.3 Å². The van der Waals surface area contributed by atoms with Crippen molar-refractivity contribution in [2.75, 3.05) is 18.8 Å². The molecule has 1 rings (SSSR count). The van der Waals surface area contributed by atoms with Crippen molar-refractivity contribution in [3.8, 4) is 0 Å². The number of nitrogens with two attached hydrogens (primary N) is 2. The lowest BCUT2D eigenvalue weighted by Crippen LogP contribution is -2.31. The quantitative estimate of drug-likeness (QED) is 0.593. The summed E-state index contributed by atoms with van der Waals surface area (Å²) in [5, 5.41) is 9.61. The highest BCUT2D eigenvalue weighted by atomic mass is 32.2. The van der Waals surface area contributed by atoms with Crippen molar-refractivity contribution in [2.45, 2.75) is 6.42 Å². The third kappa shape index (κ3) is 5.22. The number of aromatic nitrogens is 1. The van der Waals surface area contributed by atoms with Crippen LogP contribution in [0.3, 0.4) is 0 Å². The molecule has 0 saturated carbocycles. The minimum atomic E-state index is -3.55. The van der Waals surface area contributed by atoms with E-state index in [1.54, 1.807) is 5.38 Å². The first kappa shape index (κ1) is 14.0. The Morgan fingerprint density at radius 1 is 1.53 bits per heavy atom. The van der Waals surface area contributed by atoms with Gasteiger partial charge < -0.3 is 11.1 Å². The van der Waals surface area contributed by atoms with Gasteiger partial charge in [0.05, 0.1) is 10.8 Å². The van der Waals surface area contributed by atoms with E-state index >= 15 is 0 Å². The molecule has 1 aromatic rings. The van der Waals surface area contributed by atoms with Gasteiger partial charge in [0.2, 0.25) is 10.0 Å². The Morgan fingerprint density at radius 3 is 2.82 bits per heavy atom. The maximum absolute atomic E-state index is 11.5. The van der Waals surface area contributed by atoms with Gasteiger partial charge in [0.1, 0.15) is 5.69 Å². The fourth-order valence-corrected chi connectivity index (χ4v) is 2.23. The summed E-state index contributed by atoms with van der Waals surface area (Å²) in [5.41, 5.74) is 5.63. The van der Waals surface area contributed by atoms with Crippen molar-refractivity contribution in [2.24, 2.45) is 10.9 Å². The van der Waals surface area contributed by atoms with Crippen LogP contribution in [-0.2, 0) is 16.4 Å². The van der Waals surface area contributed by atoms with Crippen LogP contribution in [0.1, 0.15) is 15.5 Å². The number of primary sulfonamides is 1. The van der Waals surface area contributed by atoms with Crippen molar-refractivity contribution in [3.63, 3.8) is 0 Å². The summed E-state index contributed by atoms with van der Waals surface area (Å²) in [6, 6.07) is 0. The molecule has 96 valence electrons. The van der Waals surface area contributed by atoms with Gasteiger partial charge in [-0.2, -0.15) is 0 Å². The van der Waals surface area contributed by atoms with Crippen LogP contribution in [0.5, 0.6) is 0 Å². The first-order valence-corrected chi connectivity index (χ1v) is 7.45. The van der Waals surface area contributed by atoms with Gasteiger partial charge in [-0.05, 0) is 6.54 Å². The number of rotatable bonds is 6. The molecule has 0 aromatic carbocycles. The van der Waals surface area contributed by atoms with Crippen LogP contribution in [0.25, 0.3) is 0 Å². The van der Waals surface area contributed by atoms with E-state index in [1.807, 2.05) is 0 Å². The van der Waals surface area contributed by atoms with E-state index in [4.69, 9.17) is 10.9 Å². The zero-order chi connectivity index (χ0) is 12.9. The van der Waals surface area contributed by atoms with Crippen LogP contribution in [0, 0.1) is 0 Å². The van der Waals surface area contributed by atoms with Crippen molar-refractivity contribution in [1.82, 2.24) is 10.3 Å². The van der Waals surface area contributed by atoms with E-state index in [0.29, 0.717) is 13.0 Å². The summed E-state index contributed by atoms with van der Waals surface area (Å²) in [5.74, 6) is -0.702. The number of sulfonamides is 1. The number of carbonyl (C=O) groups is 1. The molecule has 0 saturated heterocycles. The SMILES string of the molecule is NCCc1nc(C(=O)NCCS(N)(=O)=O)cs1. The van der Waals surface area contributed by atoms with E-state index in [2.05, 4.69) is 10.3 Å². The Bertz CT molecular complexity index is 483. The Hall–Kier alpha value is -1.03. The van der Waals surface area contributed by atoms with Gasteiger partial charge in [0.25, 0.3) is 5.91 Å². The van der Waals surface area contributed by atoms with Crippen LogP contribution in [0.15, 0.2) is 5.38 Å². The summed E-state index contributed by atoms with van der Waals surface area (Å²) >= 11 is 1.35. The predicted molar refractivity (Wildman–Crippen MR) is 65.2 cm³/mol. The van der Waals surface area contributed by atoms with Crippen LogP contribution >= 0.6 is 11.3 Å². The maximum atomic E-state index is 11.5. The van der Waals surface area contributed by atoms with Crippen molar-refractivity contribution >= 4 is 27.3 Å². The lowest BCUT2D eigenvalue weighted by molar-refractivity contribution is 0.0951. The summed E-state index contributed by atoms with van der Waals surface area (Å²) in [4.78, 5) is 15.6. The van der Waals surface area contributed by atoms with Gasteiger partial charge in [0.15, 0.2) is 0 Å². The average molecular weight is 278 g/mol. The third-order valence-electron chi connectivity index (χ3n) is 1.81. The number of amides is 1. The van der Waals surface area contributed by atoms with E-state index in [-0.39, 0.29) is 18.0 Å². The molecule has 1 aromatic heterocycles. The number of hydrogen-bond acceptors (Lipinski definition) is 6. The zero-order valence-electron chi connectivity index (χ0n) is 9.05. The number of carbonyl (C=O) groups excluding carboxylic acids is 1. The summed E-state index contributed by atoms with van der Waals surface area (Å²) < 4.78 is 21.3. The number of nitrogens with one attached hydrogen (secondary N) is 1. The molecular weight excluding hydrogens is 264 g/mol. The highest BCUT2D eigenvalue weighted by Crippen LogP contribution is 2.09. The number of nitrogens with zero attached hydrogens (tertiary/aromatic N) is 1. The molecule has 0 bridgehead atoms. The van der Waals surface area contributed by atoms with E-state index in [1.165, 1.54) is 11.3 Å². The summed E-state index contributed by atoms with van der Waals surface area (Å²) in [6.45, 7) is 0.446. The molecule has 0 aliphatic carbocycles. The normalized spacial score (nSPS) is 11.4. The molecule has 1 heterocycles. The zero-order valence-corrected chi connectivity index (χ0v) is 10.7. The molecule has 9 heteroatoms. The predicted octanol–water partition coefficient (Wildman–Crippen LogP) is -1.34. The first-order chi connectivity index (χ1) is 7.92. The molecular formula is C8H14N4O3S2. The molecule has 0 spiro atoms. The molecule has 17 heavy (non-hydrogen) atoms. The third-order valence-corrected chi connectivity index (χ3v) is 3.50. The highest BCUT2D eigenvalue weighted by Gasteiger charge is 2.11. The molecule has 0 atom stereocenters. The van der Waals surface area contributed by atoms with E-state index < -0.39 is 15.9 Å². The van der Waals surface area contributed by atoms with E-state index in [9.17, 15) is 13.2 Å². The van der Waals surface area contributed by atoms with Crippen LogP contribution < -0.4 is 16.2 Å². The molecule has 0 radical (unpaired) electrons. The second-order valence-corrected chi connectivity index (χ2v) is 5.96. The van der Waals surface area contributed by atoms with Gasteiger partial charge in [-0.25, -0.2) is 18.5 Å². The minimum absolute atomic E-state index is 0.0264. The second kappa shape index (κ2) is 6.05. The molecule has 1 amide bonds. The smallest absolute Gasteiger partial charge is 0.270 e. The van der Waals surface area contributed by atoms with Crippen molar-refractivity contribution < 1.29 is 13.2 Å². The Balaban J connectivity index is 2.46. The molecule has 0 aliphatic heterocycles. The molecule has 7 nitrogen and oxygen atoms in total. The van der Waals surface area contributed by atoms with Gasteiger partial charge in [-0.3, -0.25) is 4.79 Å². The van der Waals surface area contributed by atoms with Crippen molar-refractivity contribution in [3.05, 3.63) is 16.1 Å². The van der Waals surface area contributed by atoms with Gasteiger partial charge in [-0.15, -0.1) is 11.3 Å². The topological polar surface area (TPSA) is 128 Å².